The minimum atomic E-state index is -0.784. The molecule has 2 N–H and O–H groups in total. The van der Waals surface area contributed by atoms with Gasteiger partial charge in [-0.3, -0.25) is 4.98 Å². The maximum atomic E-state index is 9.78. The van der Waals surface area contributed by atoms with Gasteiger partial charge < -0.3 is 10.4 Å². The molecule has 0 aliphatic carbocycles. The van der Waals surface area contributed by atoms with Gasteiger partial charge in [-0.05, 0) is 18.2 Å². The zero-order valence-electron chi connectivity index (χ0n) is 8.04. The Morgan fingerprint density at radius 2 is 2.07 bits per heavy atom. The SMILES string of the molecule is O[C@@H](Nc1ccccn1)c1cccnc1. The third-order valence-electron chi connectivity index (χ3n) is 1.95. The monoisotopic (exact) mass is 201 g/mol. The molecule has 0 radical (unpaired) electrons. The Morgan fingerprint density at radius 3 is 2.73 bits per heavy atom. The molecule has 0 saturated carbocycles. The first-order chi connectivity index (χ1) is 7.36. The molecule has 0 spiro atoms. The molecule has 0 bridgehead atoms. The Kier molecular flexibility index (Phi) is 2.90. The van der Waals surface area contributed by atoms with Crippen molar-refractivity contribution in [3.63, 3.8) is 0 Å². The van der Waals surface area contributed by atoms with Crippen LogP contribution < -0.4 is 5.32 Å². The van der Waals surface area contributed by atoms with Crippen molar-refractivity contribution in [1.29, 1.82) is 0 Å². The van der Waals surface area contributed by atoms with Crippen LogP contribution >= 0.6 is 0 Å². The quantitative estimate of drug-likeness (QED) is 0.740. The van der Waals surface area contributed by atoms with Gasteiger partial charge in [0.25, 0.3) is 0 Å². The van der Waals surface area contributed by atoms with E-state index in [9.17, 15) is 5.11 Å². The van der Waals surface area contributed by atoms with E-state index in [2.05, 4.69) is 15.3 Å². The predicted octanol–water partition coefficient (Wildman–Crippen LogP) is 1.58. The molecule has 76 valence electrons. The van der Waals surface area contributed by atoms with Crippen LogP contribution in [0.15, 0.2) is 48.9 Å². The highest BCUT2D eigenvalue weighted by Gasteiger charge is 2.06. The zero-order valence-corrected chi connectivity index (χ0v) is 8.04. The van der Waals surface area contributed by atoms with E-state index in [1.165, 1.54) is 0 Å². The lowest BCUT2D eigenvalue weighted by Crippen LogP contribution is -2.10. The maximum absolute atomic E-state index is 9.78. The van der Waals surface area contributed by atoms with Crippen LogP contribution in [0, 0.1) is 0 Å². The normalized spacial score (nSPS) is 12.1. The van der Waals surface area contributed by atoms with Crippen molar-refractivity contribution in [1.82, 2.24) is 9.97 Å². The Hall–Kier alpha value is -1.94. The first-order valence-electron chi connectivity index (χ1n) is 4.62. The molecule has 2 aromatic heterocycles. The largest absolute Gasteiger partial charge is 0.369 e. The van der Waals surface area contributed by atoms with Gasteiger partial charge in [0.2, 0.25) is 0 Å². The van der Waals surface area contributed by atoms with Gasteiger partial charge in [-0.25, -0.2) is 4.98 Å². The van der Waals surface area contributed by atoms with Crippen molar-refractivity contribution >= 4 is 5.82 Å². The molecular formula is C11H11N3O. The van der Waals surface area contributed by atoms with Gasteiger partial charge in [0.05, 0.1) is 0 Å². The summed E-state index contributed by atoms with van der Waals surface area (Å²) in [5, 5.41) is 12.6. The maximum Gasteiger partial charge on any atom is 0.153 e. The number of hydrogen-bond donors (Lipinski definition) is 2. The minimum absolute atomic E-state index is 0.633. The lowest BCUT2D eigenvalue weighted by Gasteiger charge is -2.12. The minimum Gasteiger partial charge on any atom is -0.369 e. The molecule has 0 fully saturated rings. The van der Waals surface area contributed by atoms with Gasteiger partial charge >= 0.3 is 0 Å². The van der Waals surface area contributed by atoms with Crippen LogP contribution in [-0.4, -0.2) is 15.1 Å². The van der Waals surface area contributed by atoms with Crippen molar-refractivity contribution in [3.05, 3.63) is 54.5 Å². The van der Waals surface area contributed by atoms with Gasteiger partial charge in [-0.1, -0.05) is 12.1 Å². The van der Waals surface area contributed by atoms with Crippen LogP contribution in [0.5, 0.6) is 0 Å². The highest BCUT2D eigenvalue weighted by Crippen LogP contribution is 2.13. The first-order valence-corrected chi connectivity index (χ1v) is 4.62. The second kappa shape index (κ2) is 4.52. The number of nitrogens with zero attached hydrogens (tertiary/aromatic N) is 2. The summed E-state index contributed by atoms with van der Waals surface area (Å²) in [5.41, 5.74) is 0.711. The molecule has 0 aromatic carbocycles. The molecule has 2 rings (SSSR count). The summed E-state index contributed by atoms with van der Waals surface area (Å²) in [6.45, 7) is 0. The molecule has 0 amide bonds. The average Bonchev–Trinajstić information content (AvgIpc) is 2.31. The van der Waals surface area contributed by atoms with Gasteiger partial charge in [0.15, 0.2) is 6.23 Å². The molecule has 4 nitrogen and oxygen atoms in total. The van der Waals surface area contributed by atoms with Crippen molar-refractivity contribution in [2.75, 3.05) is 5.32 Å². The van der Waals surface area contributed by atoms with E-state index in [1.807, 2.05) is 12.1 Å². The number of nitrogens with one attached hydrogen (secondary N) is 1. The van der Waals surface area contributed by atoms with Gasteiger partial charge in [0.1, 0.15) is 5.82 Å². The number of aliphatic hydroxyl groups is 1. The van der Waals surface area contributed by atoms with E-state index in [-0.39, 0.29) is 0 Å². The molecule has 1 atom stereocenters. The topological polar surface area (TPSA) is 58.0 Å². The summed E-state index contributed by atoms with van der Waals surface area (Å²) in [4.78, 5) is 7.98. The van der Waals surface area contributed by atoms with E-state index in [4.69, 9.17) is 0 Å². The summed E-state index contributed by atoms with van der Waals surface area (Å²) in [5.74, 6) is 0.633. The Labute approximate surface area is 87.6 Å². The van der Waals surface area contributed by atoms with E-state index in [0.717, 1.165) is 0 Å². The van der Waals surface area contributed by atoms with Crippen LogP contribution in [0.4, 0.5) is 5.82 Å². The number of aliphatic hydroxyl groups excluding tert-OH is 1. The summed E-state index contributed by atoms with van der Waals surface area (Å²) >= 11 is 0. The zero-order chi connectivity index (χ0) is 10.5. The molecule has 4 heteroatoms. The molecule has 0 unspecified atom stereocenters. The van der Waals surface area contributed by atoms with Crippen LogP contribution in [0.1, 0.15) is 11.8 Å². The van der Waals surface area contributed by atoms with Crippen LogP contribution in [0.25, 0.3) is 0 Å². The van der Waals surface area contributed by atoms with E-state index >= 15 is 0 Å². The Bertz CT molecular complexity index is 405. The van der Waals surface area contributed by atoms with E-state index in [0.29, 0.717) is 11.4 Å². The summed E-state index contributed by atoms with van der Waals surface area (Å²) in [6, 6.07) is 9.04. The second-order valence-corrected chi connectivity index (χ2v) is 3.05. The number of anilines is 1. The van der Waals surface area contributed by atoms with Gasteiger partial charge in [0, 0.05) is 24.2 Å². The molecule has 0 aliphatic heterocycles. The van der Waals surface area contributed by atoms with Crippen molar-refractivity contribution in [3.8, 4) is 0 Å². The molecule has 2 heterocycles. The average molecular weight is 201 g/mol. The Balaban J connectivity index is 2.08. The number of rotatable bonds is 3. The van der Waals surface area contributed by atoms with E-state index in [1.54, 1.807) is 36.8 Å². The molecule has 2 aromatic rings. The standard InChI is InChI=1S/C11H11N3O/c15-11(9-4-3-6-12-8-9)14-10-5-1-2-7-13-10/h1-8,11,15H,(H,13,14)/t11-/m1/s1. The fourth-order valence-electron chi connectivity index (χ4n) is 1.21. The highest BCUT2D eigenvalue weighted by molar-refractivity contribution is 5.35. The van der Waals surface area contributed by atoms with Gasteiger partial charge in [-0.2, -0.15) is 0 Å². The fourth-order valence-corrected chi connectivity index (χ4v) is 1.21. The Morgan fingerprint density at radius 1 is 1.13 bits per heavy atom. The predicted molar refractivity (Wildman–Crippen MR) is 57.1 cm³/mol. The summed E-state index contributed by atoms with van der Waals surface area (Å²) in [7, 11) is 0. The summed E-state index contributed by atoms with van der Waals surface area (Å²) < 4.78 is 0. The molecule has 0 saturated heterocycles. The van der Waals surface area contributed by atoms with Crippen LogP contribution in [0.3, 0.4) is 0 Å². The number of hydrogen-bond acceptors (Lipinski definition) is 4. The van der Waals surface area contributed by atoms with Crippen molar-refractivity contribution in [2.24, 2.45) is 0 Å². The third kappa shape index (κ3) is 2.51. The van der Waals surface area contributed by atoms with Crippen molar-refractivity contribution in [2.45, 2.75) is 6.23 Å². The second-order valence-electron chi connectivity index (χ2n) is 3.05. The number of pyridine rings is 2. The summed E-state index contributed by atoms with van der Waals surface area (Å²) in [6.07, 6.45) is 4.16. The lowest BCUT2D eigenvalue weighted by molar-refractivity contribution is 0.207. The highest BCUT2D eigenvalue weighted by atomic mass is 16.3. The molecular weight excluding hydrogens is 190 g/mol. The first kappa shape index (κ1) is 9.61. The van der Waals surface area contributed by atoms with E-state index < -0.39 is 6.23 Å². The smallest absolute Gasteiger partial charge is 0.153 e. The molecule has 0 aliphatic rings. The van der Waals surface area contributed by atoms with Crippen molar-refractivity contribution < 1.29 is 5.11 Å². The third-order valence-corrected chi connectivity index (χ3v) is 1.95. The van der Waals surface area contributed by atoms with Crippen LogP contribution in [0.2, 0.25) is 0 Å². The molecule has 15 heavy (non-hydrogen) atoms. The van der Waals surface area contributed by atoms with Crippen LogP contribution in [-0.2, 0) is 0 Å². The number of aromatic nitrogens is 2. The van der Waals surface area contributed by atoms with Gasteiger partial charge in [-0.15, -0.1) is 0 Å². The fraction of sp³-hybridized carbons (Fsp3) is 0.0909. The lowest BCUT2D eigenvalue weighted by atomic mass is 10.2.